The van der Waals surface area contributed by atoms with Gasteiger partial charge in [0.1, 0.15) is 5.75 Å². The second-order valence-electron chi connectivity index (χ2n) is 9.63. The van der Waals surface area contributed by atoms with Gasteiger partial charge in [-0.1, -0.05) is 49.4 Å². The third kappa shape index (κ3) is 4.72. The molecule has 1 amide bonds. The van der Waals surface area contributed by atoms with Crippen LogP contribution >= 0.6 is 0 Å². The van der Waals surface area contributed by atoms with Crippen LogP contribution in [0, 0.1) is 6.92 Å². The summed E-state index contributed by atoms with van der Waals surface area (Å²) >= 11 is 0. The second kappa shape index (κ2) is 9.97. The fourth-order valence-corrected chi connectivity index (χ4v) is 6.59. The van der Waals surface area contributed by atoms with E-state index in [1.807, 2.05) is 19.9 Å². The van der Waals surface area contributed by atoms with Gasteiger partial charge in [0, 0.05) is 0 Å². The lowest BCUT2D eigenvalue weighted by atomic mass is 9.88. The number of aryl methyl sites for hydroxylation is 3. The number of benzene rings is 3. The quantitative estimate of drug-likeness (QED) is 0.507. The van der Waals surface area contributed by atoms with Crippen LogP contribution in [0.4, 0.5) is 5.69 Å². The minimum Gasteiger partial charge on any atom is -0.476 e. The number of nitrogens with zero attached hydrogens (tertiary/aromatic N) is 1. The van der Waals surface area contributed by atoms with E-state index in [2.05, 4.69) is 23.5 Å². The first-order valence-electron chi connectivity index (χ1n) is 12.6. The summed E-state index contributed by atoms with van der Waals surface area (Å²) in [5.74, 6) is 0.0624. The summed E-state index contributed by atoms with van der Waals surface area (Å²) in [6.45, 7) is 3.84. The van der Waals surface area contributed by atoms with Crippen LogP contribution < -0.4 is 14.4 Å². The largest absolute Gasteiger partial charge is 0.476 e. The van der Waals surface area contributed by atoms with Crippen molar-refractivity contribution in [1.29, 1.82) is 0 Å². The van der Waals surface area contributed by atoms with Gasteiger partial charge in [-0.25, -0.2) is 8.42 Å². The Morgan fingerprint density at radius 1 is 1.03 bits per heavy atom. The predicted molar refractivity (Wildman–Crippen MR) is 141 cm³/mol. The van der Waals surface area contributed by atoms with Crippen LogP contribution in [0.2, 0.25) is 0 Å². The maximum atomic E-state index is 13.6. The molecule has 0 unspecified atom stereocenters. The van der Waals surface area contributed by atoms with Gasteiger partial charge in [-0.15, -0.1) is 0 Å². The Morgan fingerprint density at radius 3 is 2.53 bits per heavy atom. The molecule has 2 atom stereocenters. The minimum atomic E-state index is -3.88. The molecule has 0 radical (unpaired) electrons. The molecule has 1 heterocycles. The number of anilines is 1. The van der Waals surface area contributed by atoms with E-state index in [9.17, 15) is 13.2 Å². The van der Waals surface area contributed by atoms with Gasteiger partial charge in [-0.3, -0.25) is 9.10 Å². The number of carbonyl (C=O) groups is 1. The lowest BCUT2D eigenvalue weighted by Crippen LogP contribution is -2.51. The highest BCUT2D eigenvalue weighted by Crippen LogP contribution is 2.38. The molecule has 0 saturated heterocycles. The number of sulfonamides is 1. The molecule has 1 aliphatic carbocycles. The Labute approximate surface area is 213 Å². The van der Waals surface area contributed by atoms with E-state index >= 15 is 0 Å². The fourth-order valence-electron chi connectivity index (χ4n) is 5.10. The number of nitrogens with one attached hydrogen (secondary N) is 1. The summed E-state index contributed by atoms with van der Waals surface area (Å²) in [6.07, 6.45) is 4.36. The topological polar surface area (TPSA) is 75.7 Å². The van der Waals surface area contributed by atoms with Crippen molar-refractivity contribution < 1.29 is 17.9 Å². The highest BCUT2D eigenvalue weighted by molar-refractivity contribution is 7.92. The van der Waals surface area contributed by atoms with Gasteiger partial charge >= 0.3 is 0 Å². The lowest BCUT2D eigenvalue weighted by molar-refractivity contribution is -0.128. The van der Waals surface area contributed by atoms with Gasteiger partial charge in [0.05, 0.1) is 23.2 Å². The van der Waals surface area contributed by atoms with Gasteiger partial charge in [0.15, 0.2) is 6.10 Å². The Balaban J connectivity index is 1.42. The summed E-state index contributed by atoms with van der Waals surface area (Å²) in [6, 6.07) is 20.0. The average Bonchev–Trinajstić information content (AvgIpc) is 2.91. The van der Waals surface area contributed by atoms with Crippen LogP contribution in [-0.2, 0) is 27.7 Å². The molecule has 188 valence electrons. The monoisotopic (exact) mass is 504 g/mol. The molecular weight excluding hydrogens is 472 g/mol. The second-order valence-corrected chi connectivity index (χ2v) is 11.5. The first-order chi connectivity index (χ1) is 17.4. The van der Waals surface area contributed by atoms with Crippen LogP contribution in [0.5, 0.6) is 5.75 Å². The van der Waals surface area contributed by atoms with Gasteiger partial charge in [-0.2, -0.15) is 0 Å². The Bertz CT molecular complexity index is 1370. The smallest absolute Gasteiger partial charge is 0.264 e. The number of hydrogen-bond acceptors (Lipinski definition) is 4. The molecule has 0 aromatic heterocycles. The van der Waals surface area contributed by atoms with Crippen molar-refractivity contribution in [1.82, 2.24) is 5.32 Å². The van der Waals surface area contributed by atoms with Crippen LogP contribution in [0.3, 0.4) is 0 Å². The zero-order valence-electron chi connectivity index (χ0n) is 20.7. The molecule has 0 bridgehead atoms. The van der Waals surface area contributed by atoms with E-state index in [0.717, 1.165) is 30.4 Å². The molecule has 5 rings (SSSR count). The van der Waals surface area contributed by atoms with E-state index in [1.54, 1.807) is 42.5 Å². The maximum Gasteiger partial charge on any atom is 0.264 e. The number of rotatable bonds is 6. The van der Waals surface area contributed by atoms with Gasteiger partial charge < -0.3 is 10.1 Å². The predicted octanol–water partition coefficient (Wildman–Crippen LogP) is 5.10. The summed E-state index contributed by atoms with van der Waals surface area (Å²) < 4.78 is 34.6. The maximum absolute atomic E-state index is 13.6. The zero-order valence-corrected chi connectivity index (χ0v) is 21.6. The highest BCUT2D eigenvalue weighted by atomic mass is 32.2. The average molecular weight is 505 g/mol. The van der Waals surface area contributed by atoms with E-state index in [1.165, 1.54) is 28.3 Å². The van der Waals surface area contributed by atoms with Crippen LogP contribution in [-0.4, -0.2) is 27.0 Å². The van der Waals surface area contributed by atoms with Crippen molar-refractivity contribution in [2.45, 2.75) is 63.0 Å². The first kappa shape index (κ1) is 24.4. The fraction of sp³-hybridized carbons (Fsp3) is 0.345. The summed E-state index contributed by atoms with van der Waals surface area (Å²) in [4.78, 5) is 13.6. The number of hydrogen-bond donors (Lipinski definition) is 1. The van der Waals surface area contributed by atoms with Crippen molar-refractivity contribution in [3.8, 4) is 5.75 Å². The molecular formula is C29H32N2O4S. The molecule has 1 N–H and O–H groups in total. The zero-order chi connectivity index (χ0) is 25.3. The Morgan fingerprint density at radius 2 is 1.78 bits per heavy atom. The molecule has 6 nitrogen and oxygen atoms in total. The van der Waals surface area contributed by atoms with Crippen molar-refractivity contribution >= 4 is 21.6 Å². The summed E-state index contributed by atoms with van der Waals surface area (Å²) in [7, 11) is -3.88. The summed E-state index contributed by atoms with van der Waals surface area (Å²) in [5, 5.41) is 3.13. The van der Waals surface area contributed by atoms with Gasteiger partial charge in [0.2, 0.25) is 0 Å². The third-order valence-corrected chi connectivity index (χ3v) is 8.90. The number of amides is 1. The van der Waals surface area contributed by atoms with E-state index in [0.29, 0.717) is 11.4 Å². The molecule has 1 aliphatic heterocycles. The van der Waals surface area contributed by atoms with E-state index in [4.69, 9.17) is 4.74 Å². The van der Waals surface area contributed by atoms with Crippen molar-refractivity contribution in [2.75, 3.05) is 10.8 Å². The minimum absolute atomic E-state index is 0.0971. The number of fused-ring (bicyclic) bond motifs is 2. The third-order valence-electron chi connectivity index (χ3n) is 7.11. The molecule has 3 aromatic carbocycles. The van der Waals surface area contributed by atoms with E-state index < -0.39 is 16.1 Å². The standard InChI is InChI=1S/C29H32N2O4S/c1-3-25(23-15-14-21-9-7-8-10-22(21)18-23)30-29(32)28-19-31(26-17-20(2)13-16-27(26)35-28)36(33,34)24-11-5-4-6-12-24/h4-6,11-18,25,28H,3,7-10,19H2,1-2H3,(H,30,32)/t25-,28+/m0/s1. The Hall–Kier alpha value is -3.32. The number of ether oxygens (including phenoxy) is 1. The molecule has 3 aromatic rings. The van der Waals surface area contributed by atoms with Crippen molar-refractivity contribution in [2.24, 2.45) is 0 Å². The van der Waals surface area contributed by atoms with Crippen LogP contribution in [0.25, 0.3) is 0 Å². The molecule has 0 spiro atoms. The van der Waals surface area contributed by atoms with Crippen molar-refractivity contribution in [3.05, 3.63) is 89.0 Å². The SMILES string of the molecule is CC[C@H](NC(=O)[C@H]1CN(S(=O)(=O)c2ccccc2)c2cc(C)ccc2O1)c1ccc2c(c1)CCCC2. The first-order valence-corrected chi connectivity index (χ1v) is 14.1. The Kier molecular flexibility index (Phi) is 6.75. The van der Waals surface area contributed by atoms with Crippen molar-refractivity contribution in [3.63, 3.8) is 0 Å². The molecule has 7 heteroatoms. The highest BCUT2D eigenvalue weighted by Gasteiger charge is 2.38. The molecule has 2 aliphatic rings. The van der Waals surface area contributed by atoms with E-state index in [-0.39, 0.29) is 23.4 Å². The number of carbonyl (C=O) groups excluding carboxylic acids is 1. The van der Waals surface area contributed by atoms with Crippen LogP contribution in [0.1, 0.15) is 54.5 Å². The molecule has 0 saturated carbocycles. The molecule has 0 fully saturated rings. The van der Waals surface area contributed by atoms with Gasteiger partial charge in [0.25, 0.3) is 15.9 Å². The lowest BCUT2D eigenvalue weighted by Gasteiger charge is -2.35. The molecule has 36 heavy (non-hydrogen) atoms. The van der Waals surface area contributed by atoms with Crippen LogP contribution in [0.15, 0.2) is 71.6 Å². The normalized spacial score (nSPS) is 17.9. The summed E-state index contributed by atoms with van der Waals surface area (Å²) in [5.41, 5.74) is 5.20. The van der Waals surface area contributed by atoms with Gasteiger partial charge in [-0.05, 0) is 85.5 Å².